The third-order valence-corrected chi connectivity index (χ3v) is 8.69. The maximum atomic E-state index is 6.45. The zero-order valence-corrected chi connectivity index (χ0v) is 25.4. The fourth-order valence-electron chi connectivity index (χ4n) is 6.44. The van der Waals surface area contributed by atoms with Crippen molar-refractivity contribution < 1.29 is 8.83 Å². The van der Waals surface area contributed by atoms with Crippen molar-refractivity contribution in [3.8, 4) is 33.7 Å². The summed E-state index contributed by atoms with van der Waals surface area (Å²) in [5, 5.41) is 2.00. The summed E-state index contributed by atoms with van der Waals surface area (Å²) in [6, 6.07) is 58.7. The van der Waals surface area contributed by atoms with E-state index in [4.69, 9.17) is 13.8 Å². The first-order chi connectivity index (χ1) is 23.3. The maximum absolute atomic E-state index is 6.45. The van der Waals surface area contributed by atoms with Gasteiger partial charge in [0.25, 0.3) is 0 Å². The minimum absolute atomic E-state index is 0.595. The lowest BCUT2D eigenvalue weighted by Gasteiger charge is -2.26. The smallest absolute Gasteiger partial charge is 0.227 e. The van der Waals surface area contributed by atoms with Crippen molar-refractivity contribution in [2.75, 3.05) is 4.90 Å². The molecule has 0 saturated heterocycles. The third kappa shape index (κ3) is 4.84. The lowest BCUT2D eigenvalue weighted by molar-refractivity contribution is 0.620. The van der Waals surface area contributed by atoms with Gasteiger partial charge < -0.3 is 13.7 Å². The Morgan fingerprint density at radius 3 is 1.72 bits per heavy atom. The maximum Gasteiger partial charge on any atom is 0.227 e. The number of oxazole rings is 1. The molecule has 9 aromatic rings. The predicted molar refractivity (Wildman–Crippen MR) is 192 cm³/mol. The topological polar surface area (TPSA) is 42.4 Å². The van der Waals surface area contributed by atoms with Gasteiger partial charge >= 0.3 is 0 Å². The number of rotatable bonds is 6. The molecule has 4 heteroatoms. The second kappa shape index (κ2) is 11.2. The molecule has 0 spiro atoms. The summed E-state index contributed by atoms with van der Waals surface area (Å²) in [5.74, 6) is 0.595. The average Bonchev–Trinajstić information content (AvgIpc) is 3.73. The number of para-hydroxylation sites is 1. The van der Waals surface area contributed by atoms with Gasteiger partial charge in [-0.25, -0.2) is 4.98 Å². The number of hydrogen-bond acceptors (Lipinski definition) is 4. The van der Waals surface area contributed by atoms with Crippen LogP contribution in [0.15, 0.2) is 179 Å². The van der Waals surface area contributed by atoms with Gasteiger partial charge in [-0.05, 0) is 82.9 Å². The predicted octanol–water partition coefficient (Wildman–Crippen LogP) is 12.2. The van der Waals surface area contributed by atoms with Crippen molar-refractivity contribution in [2.24, 2.45) is 0 Å². The normalized spacial score (nSPS) is 11.4. The van der Waals surface area contributed by atoms with Crippen molar-refractivity contribution >= 4 is 50.1 Å². The van der Waals surface area contributed by atoms with Gasteiger partial charge in [-0.1, -0.05) is 103 Å². The Kier molecular flexibility index (Phi) is 6.43. The number of aromatic nitrogens is 1. The molecule has 0 radical (unpaired) electrons. The summed E-state index contributed by atoms with van der Waals surface area (Å²) in [5.41, 5.74) is 11.9. The number of fused-ring (bicyclic) bond motifs is 4. The zero-order valence-electron chi connectivity index (χ0n) is 25.4. The van der Waals surface area contributed by atoms with Crippen molar-refractivity contribution in [1.29, 1.82) is 0 Å². The Balaban J connectivity index is 1.17. The van der Waals surface area contributed by atoms with E-state index in [1.165, 1.54) is 16.7 Å². The number of benzene rings is 7. The fraction of sp³-hybridized carbons (Fsp3) is 0. The van der Waals surface area contributed by atoms with Crippen LogP contribution in [0.4, 0.5) is 17.1 Å². The summed E-state index contributed by atoms with van der Waals surface area (Å²) in [7, 11) is 0. The molecule has 4 nitrogen and oxygen atoms in total. The molecule has 0 aliphatic carbocycles. The number of nitrogens with zero attached hydrogens (tertiary/aromatic N) is 2. The van der Waals surface area contributed by atoms with Gasteiger partial charge in [0.05, 0.1) is 11.1 Å². The largest absolute Gasteiger partial charge is 0.456 e. The van der Waals surface area contributed by atoms with Gasteiger partial charge in [0.2, 0.25) is 5.89 Å². The summed E-state index contributed by atoms with van der Waals surface area (Å²) < 4.78 is 12.7. The van der Waals surface area contributed by atoms with E-state index in [1.807, 2.05) is 54.6 Å². The van der Waals surface area contributed by atoms with Crippen LogP contribution in [-0.2, 0) is 0 Å². The summed E-state index contributed by atoms with van der Waals surface area (Å²) >= 11 is 0. The van der Waals surface area contributed by atoms with Crippen LogP contribution >= 0.6 is 0 Å². The molecule has 2 aromatic heterocycles. The van der Waals surface area contributed by atoms with Gasteiger partial charge in [0.15, 0.2) is 5.58 Å². The summed E-state index contributed by atoms with van der Waals surface area (Å²) in [6.45, 7) is 0. The van der Waals surface area contributed by atoms with Crippen molar-refractivity contribution in [1.82, 2.24) is 4.98 Å². The molecular weight excluding hydrogens is 576 g/mol. The lowest BCUT2D eigenvalue weighted by atomic mass is 9.99. The van der Waals surface area contributed by atoms with E-state index in [2.05, 4.69) is 120 Å². The van der Waals surface area contributed by atoms with Crippen molar-refractivity contribution in [3.63, 3.8) is 0 Å². The van der Waals surface area contributed by atoms with Gasteiger partial charge in [0.1, 0.15) is 16.7 Å². The fourth-order valence-corrected chi connectivity index (χ4v) is 6.44. The van der Waals surface area contributed by atoms with Crippen molar-refractivity contribution in [3.05, 3.63) is 170 Å². The van der Waals surface area contributed by atoms with Gasteiger partial charge in [-0.15, -0.1) is 0 Å². The third-order valence-electron chi connectivity index (χ3n) is 8.69. The molecule has 0 atom stereocenters. The van der Waals surface area contributed by atoms with E-state index in [-0.39, 0.29) is 0 Å². The van der Waals surface area contributed by atoms with Crippen LogP contribution in [-0.4, -0.2) is 4.98 Å². The molecule has 0 aliphatic rings. The van der Waals surface area contributed by atoms with Crippen molar-refractivity contribution in [2.45, 2.75) is 0 Å². The average molecular weight is 605 g/mol. The van der Waals surface area contributed by atoms with E-state index in [0.29, 0.717) is 5.89 Å². The Morgan fingerprint density at radius 2 is 1.00 bits per heavy atom. The standard InChI is InChI=1S/C43H28N2O2/c1-4-12-29(13-5-1)32-16-10-17-33(26-32)30-22-24-35(25-23-30)45(34-18-8-3-9-19-34)38-20-11-21-39-42(38)36-27-41-37(28-40(36)46-39)44-43(47-41)31-14-6-2-7-15-31/h1-28H. The zero-order chi connectivity index (χ0) is 31.2. The highest BCUT2D eigenvalue weighted by atomic mass is 16.4. The molecule has 0 amide bonds. The molecule has 2 heterocycles. The van der Waals surface area contributed by atoms with Crippen LogP contribution in [0.5, 0.6) is 0 Å². The Labute approximate surface area is 271 Å². The van der Waals surface area contributed by atoms with E-state index >= 15 is 0 Å². The van der Waals surface area contributed by atoms with E-state index in [1.54, 1.807) is 0 Å². The molecule has 0 aliphatic heterocycles. The first-order valence-electron chi connectivity index (χ1n) is 15.7. The first kappa shape index (κ1) is 27.0. The van der Waals surface area contributed by atoms with Crippen LogP contribution in [0, 0.1) is 0 Å². The number of hydrogen-bond donors (Lipinski definition) is 0. The molecule has 0 saturated carbocycles. The lowest BCUT2D eigenvalue weighted by Crippen LogP contribution is -2.10. The second-order valence-corrected chi connectivity index (χ2v) is 11.6. The van der Waals surface area contributed by atoms with E-state index < -0.39 is 0 Å². The minimum atomic E-state index is 0.595. The van der Waals surface area contributed by atoms with Gasteiger partial charge in [-0.3, -0.25) is 0 Å². The van der Waals surface area contributed by atoms with Crippen LogP contribution in [0.1, 0.15) is 0 Å². The minimum Gasteiger partial charge on any atom is -0.456 e. The number of anilines is 3. The molecule has 7 aromatic carbocycles. The van der Waals surface area contributed by atoms with E-state index in [9.17, 15) is 0 Å². The first-order valence-corrected chi connectivity index (χ1v) is 15.7. The van der Waals surface area contributed by atoms with E-state index in [0.717, 1.165) is 61.2 Å². The second-order valence-electron chi connectivity index (χ2n) is 11.6. The molecule has 0 N–H and O–H groups in total. The Morgan fingerprint density at radius 1 is 0.404 bits per heavy atom. The van der Waals surface area contributed by atoms with Crippen LogP contribution < -0.4 is 4.90 Å². The monoisotopic (exact) mass is 604 g/mol. The molecule has 9 rings (SSSR count). The van der Waals surface area contributed by atoms with Gasteiger partial charge in [0, 0.05) is 28.4 Å². The highest BCUT2D eigenvalue weighted by Gasteiger charge is 2.21. The summed E-state index contributed by atoms with van der Waals surface area (Å²) in [6.07, 6.45) is 0. The van der Waals surface area contributed by atoms with Crippen LogP contribution in [0.25, 0.3) is 66.7 Å². The van der Waals surface area contributed by atoms with Crippen LogP contribution in [0.3, 0.4) is 0 Å². The highest BCUT2D eigenvalue weighted by molar-refractivity contribution is 6.15. The highest BCUT2D eigenvalue weighted by Crippen LogP contribution is 2.44. The quantitative estimate of drug-likeness (QED) is 0.189. The Hall–Kier alpha value is -6.39. The molecule has 0 unspecified atom stereocenters. The molecular formula is C43H28N2O2. The molecule has 222 valence electrons. The molecule has 0 bridgehead atoms. The number of furan rings is 1. The SMILES string of the molecule is c1ccc(-c2cccc(-c3ccc(N(c4ccccc4)c4cccc5oc6cc7nc(-c8ccccc8)oc7cc6c45)cc3)c2)cc1. The summed E-state index contributed by atoms with van der Waals surface area (Å²) in [4.78, 5) is 7.07. The Bertz CT molecular complexity index is 2500. The molecule has 0 fully saturated rings. The van der Waals surface area contributed by atoms with Crippen LogP contribution in [0.2, 0.25) is 0 Å². The van der Waals surface area contributed by atoms with Gasteiger partial charge in [-0.2, -0.15) is 0 Å². The molecule has 47 heavy (non-hydrogen) atoms.